The van der Waals surface area contributed by atoms with Crippen molar-refractivity contribution in [2.45, 2.75) is 45.3 Å². The van der Waals surface area contributed by atoms with Gasteiger partial charge in [0.25, 0.3) is 0 Å². The van der Waals surface area contributed by atoms with E-state index in [0.717, 1.165) is 11.1 Å². The molecule has 0 aliphatic rings. The normalized spacial score (nSPS) is 13.0. The summed E-state index contributed by atoms with van der Waals surface area (Å²) in [4.78, 5) is 20.8. The minimum atomic E-state index is -5.08. The van der Waals surface area contributed by atoms with Crippen LogP contribution in [-0.2, 0) is 22.6 Å². The number of aromatic nitrogens is 4. The second-order valence-corrected chi connectivity index (χ2v) is 8.67. The van der Waals surface area contributed by atoms with Crippen LogP contribution in [0.2, 0.25) is 0 Å². The third kappa shape index (κ3) is 8.63. The molecule has 3 aromatic rings. The van der Waals surface area contributed by atoms with Crippen LogP contribution in [0.3, 0.4) is 0 Å². The molecule has 0 aliphatic carbocycles. The molecular weight excluding hydrogens is 498 g/mol. The van der Waals surface area contributed by atoms with Crippen molar-refractivity contribution in [2.24, 2.45) is 17.6 Å². The predicted molar refractivity (Wildman–Crippen MR) is 125 cm³/mol. The van der Waals surface area contributed by atoms with Crippen LogP contribution in [0.5, 0.6) is 0 Å². The first-order chi connectivity index (χ1) is 17.3. The van der Waals surface area contributed by atoms with E-state index in [9.17, 15) is 27.5 Å². The molecule has 0 radical (unpaired) electrons. The Hall–Kier alpha value is -3.87. The van der Waals surface area contributed by atoms with Crippen LogP contribution in [0.1, 0.15) is 43.1 Å². The Morgan fingerprint density at radius 1 is 1.05 bits per heavy atom. The number of H-pyrrole nitrogens is 1. The number of carboxylic acid groups (broad SMARTS) is 2. The van der Waals surface area contributed by atoms with Gasteiger partial charge < -0.3 is 15.9 Å². The average Bonchev–Trinajstić information content (AvgIpc) is 3.36. The number of benzene rings is 2. The number of aliphatic carboxylic acids is 2. The highest BCUT2D eigenvalue weighted by atomic mass is 19.4. The molecule has 2 aromatic carbocycles. The van der Waals surface area contributed by atoms with Gasteiger partial charge in [-0.1, -0.05) is 55.5 Å². The van der Waals surface area contributed by atoms with Crippen molar-refractivity contribution in [3.8, 4) is 11.1 Å². The van der Waals surface area contributed by atoms with Crippen LogP contribution in [0.4, 0.5) is 17.6 Å². The standard InChI is InChI=1S/C22H26FN5O2.C2HF3O2/c1-13(2)9-19(22(29)30)18(21-25-27-28-26-21)10-15-5-8-17(20(23)11-15)16-6-3-14(12-24)4-7-16;3-2(4,5)1(6)7/h3-8,11,13,18-19H,9-10,12,24H2,1-2H3,(H,29,30)(H,25,26,27,28);(H,6,7)/t18-,19-;/m0./s1. The lowest BCUT2D eigenvalue weighted by Crippen LogP contribution is -2.26. The second kappa shape index (κ2) is 12.9. The summed E-state index contributed by atoms with van der Waals surface area (Å²) in [7, 11) is 0. The molecule has 200 valence electrons. The fourth-order valence-electron chi connectivity index (χ4n) is 3.68. The Kier molecular flexibility index (Phi) is 10.2. The minimum absolute atomic E-state index is 0.177. The van der Waals surface area contributed by atoms with E-state index < -0.39 is 30.0 Å². The van der Waals surface area contributed by atoms with Crippen LogP contribution in [0, 0.1) is 17.7 Å². The number of hydrogen-bond donors (Lipinski definition) is 4. The van der Waals surface area contributed by atoms with Gasteiger partial charge in [-0.3, -0.25) is 4.79 Å². The number of nitrogens with two attached hydrogens (primary N) is 1. The lowest BCUT2D eigenvalue weighted by molar-refractivity contribution is -0.192. The van der Waals surface area contributed by atoms with Crippen LogP contribution in [0.25, 0.3) is 11.1 Å². The minimum Gasteiger partial charge on any atom is -0.481 e. The molecule has 0 amide bonds. The maximum absolute atomic E-state index is 14.9. The fourth-order valence-corrected chi connectivity index (χ4v) is 3.68. The zero-order valence-corrected chi connectivity index (χ0v) is 20.0. The van der Waals surface area contributed by atoms with Gasteiger partial charge in [0, 0.05) is 18.0 Å². The van der Waals surface area contributed by atoms with Crippen molar-refractivity contribution in [1.82, 2.24) is 20.6 Å². The molecule has 37 heavy (non-hydrogen) atoms. The van der Waals surface area contributed by atoms with Crippen LogP contribution >= 0.6 is 0 Å². The number of alkyl halides is 3. The number of nitrogens with one attached hydrogen (secondary N) is 1. The second-order valence-electron chi connectivity index (χ2n) is 8.67. The monoisotopic (exact) mass is 525 g/mol. The maximum atomic E-state index is 14.9. The summed E-state index contributed by atoms with van der Waals surface area (Å²) in [6.07, 6.45) is -4.32. The van der Waals surface area contributed by atoms with Crippen molar-refractivity contribution in [3.63, 3.8) is 0 Å². The SMILES string of the molecule is CC(C)C[C@H](C(=O)O)[C@H](Cc1ccc(-c2ccc(CN)cc2)c(F)c1)c1nn[nH]n1.O=C(O)C(F)(F)F. The Morgan fingerprint density at radius 3 is 2.08 bits per heavy atom. The summed E-state index contributed by atoms with van der Waals surface area (Å²) >= 11 is 0. The molecule has 2 atom stereocenters. The first-order valence-electron chi connectivity index (χ1n) is 11.2. The first-order valence-corrected chi connectivity index (χ1v) is 11.2. The summed E-state index contributed by atoms with van der Waals surface area (Å²) in [5.41, 5.74) is 8.51. The molecule has 1 aromatic heterocycles. The van der Waals surface area contributed by atoms with Gasteiger partial charge in [0.1, 0.15) is 5.82 Å². The molecule has 0 saturated carbocycles. The predicted octanol–water partition coefficient (Wildman–Crippen LogP) is 4.17. The Morgan fingerprint density at radius 2 is 1.65 bits per heavy atom. The van der Waals surface area contributed by atoms with Crippen molar-refractivity contribution in [2.75, 3.05) is 0 Å². The van der Waals surface area contributed by atoms with E-state index >= 15 is 0 Å². The van der Waals surface area contributed by atoms with E-state index in [-0.39, 0.29) is 11.7 Å². The molecule has 5 N–H and O–H groups in total. The molecule has 13 heteroatoms. The van der Waals surface area contributed by atoms with Gasteiger partial charge in [0.05, 0.1) is 5.92 Å². The van der Waals surface area contributed by atoms with E-state index in [0.29, 0.717) is 36.3 Å². The molecule has 3 rings (SSSR count). The van der Waals surface area contributed by atoms with Gasteiger partial charge >= 0.3 is 18.1 Å². The number of aromatic amines is 1. The Balaban J connectivity index is 0.000000604. The lowest BCUT2D eigenvalue weighted by atomic mass is 9.81. The third-order valence-corrected chi connectivity index (χ3v) is 5.45. The molecular formula is C24H27F4N5O4. The van der Waals surface area contributed by atoms with Gasteiger partial charge in [0.2, 0.25) is 0 Å². The van der Waals surface area contributed by atoms with Gasteiger partial charge in [-0.2, -0.15) is 18.4 Å². The quantitative estimate of drug-likeness (QED) is 0.304. The molecule has 1 heterocycles. The van der Waals surface area contributed by atoms with Crippen LogP contribution in [-0.4, -0.2) is 49.0 Å². The zero-order chi connectivity index (χ0) is 27.8. The summed E-state index contributed by atoms with van der Waals surface area (Å²) in [5, 5.41) is 30.9. The van der Waals surface area contributed by atoms with E-state index in [4.69, 9.17) is 15.6 Å². The van der Waals surface area contributed by atoms with Gasteiger partial charge in [-0.05, 0) is 41.5 Å². The van der Waals surface area contributed by atoms with Crippen LogP contribution < -0.4 is 5.73 Å². The summed E-state index contributed by atoms with van der Waals surface area (Å²) < 4.78 is 46.6. The first kappa shape index (κ1) is 29.4. The number of carboxylic acids is 2. The summed E-state index contributed by atoms with van der Waals surface area (Å²) in [5.74, 6) is -4.76. The summed E-state index contributed by atoms with van der Waals surface area (Å²) in [6, 6.07) is 12.4. The highest BCUT2D eigenvalue weighted by Gasteiger charge is 2.38. The highest BCUT2D eigenvalue weighted by Crippen LogP contribution is 2.32. The van der Waals surface area contributed by atoms with Gasteiger partial charge in [-0.25, -0.2) is 9.18 Å². The van der Waals surface area contributed by atoms with E-state index in [2.05, 4.69) is 20.6 Å². The number of halogens is 4. The average molecular weight is 526 g/mol. The van der Waals surface area contributed by atoms with Gasteiger partial charge in [-0.15, -0.1) is 10.2 Å². The van der Waals surface area contributed by atoms with E-state index in [1.54, 1.807) is 6.07 Å². The molecule has 0 spiro atoms. The smallest absolute Gasteiger partial charge is 0.481 e. The van der Waals surface area contributed by atoms with E-state index in [1.165, 1.54) is 6.07 Å². The Labute approximate surface area is 209 Å². The van der Waals surface area contributed by atoms with Gasteiger partial charge in [0.15, 0.2) is 5.82 Å². The lowest BCUT2D eigenvalue weighted by Gasteiger charge is -2.23. The topological polar surface area (TPSA) is 155 Å². The molecule has 0 unspecified atom stereocenters. The molecule has 0 aliphatic heterocycles. The molecule has 9 nitrogen and oxygen atoms in total. The van der Waals surface area contributed by atoms with Crippen molar-refractivity contribution >= 4 is 11.9 Å². The number of nitrogens with zero attached hydrogens (tertiary/aromatic N) is 3. The van der Waals surface area contributed by atoms with E-state index in [1.807, 2.05) is 44.2 Å². The summed E-state index contributed by atoms with van der Waals surface area (Å²) in [6.45, 7) is 4.36. The number of hydrogen-bond acceptors (Lipinski definition) is 6. The molecule has 0 saturated heterocycles. The largest absolute Gasteiger partial charge is 0.490 e. The number of carbonyl (C=O) groups is 2. The third-order valence-electron chi connectivity index (χ3n) is 5.45. The zero-order valence-electron chi connectivity index (χ0n) is 20.0. The van der Waals surface area contributed by atoms with Crippen molar-refractivity contribution in [3.05, 3.63) is 65.2 Å². The highest BCUT2D eigenvalue weighted by molar-refractivity contribution is 5.73. The molecule has 0 bridgehead atoms. The maximum Gasteiger partial charge on any atom is 0.490 e. The number of rotatable bonds is 9. The van der Waals surface area contributed by atoms with Crippen molar-refractivity contribution < 1.29 is 37.4 Å². The van der Waals surface area contributed by atoms with Crippen molar-refractivity contribution in [1.29, 1.82) is 0 Å². The molecule has 0 fully saturated rings. The Bertz CT molecular complexity index is 1170. The fraction of sp³-hybridized carbons (Fsp3) is 0.375. The van der Waals surface area contributed by atoms with Crippen LogP contribution in [0.15, 0.2) is 42.5 Å². The number of tetrazole rings is 1.